The average Bonchev–Trinajstić information content (AvgIpc) is 2.15. The lowest BCUT2D eigenvalue weighted by Gasteiger charge is -1.86. The molecule has 1 aliphatic heterocycles. The average molecular weight is 121 g/mol. The smallest absolute Gasteiger partial charge is 0.0508 e. The lowest BCUT2D eigenvalue weighted by Crippen LogP contribution is -1.69. The number of thioether (sulfide) groups is 1. The maximum absolute atomic E-state index is 2.16. The number of hydrogen-bond donors (Lipinski definition) is 0. The number of fused-ring (bicyclic) bond motifs is 1. The Bertz CT molecular complexity index is 196. The maximum atomic E-state index is 2.16. The lowest BCUT2D eigenvalue weighted by atomic mass is 10.2. The summed E-state index contributed by atoms with van der Waals surface area (Å²) in [5.41, 5.74) is 2.74. The molecule has 0 spiro atoms. The van der Waals surface area contributed by atoms with Gasteiger partial charge in [-0.3, -0.25) is 0 Å². The van der Waals surface area contributed by atoms with Gasteiger partial charge in [-0.1, -0.05) is 18.2 Å². The van der Waals surface area contributed by atoms with Crippen LogP contribution in [-0.2, 0) is 0 Å². The molecule has 0 aromatic carbocycles. The van der Waals surface area contributed by atoms with Crippen LogP contribution in [0.2, 0.25) is 0 Å². The predicted molar refractivity (Wildman–Crippen MR) is 37.2 cm³/mol. The van der Waals surface area contributed by atoms with Crippen molar-refractivity contribution in [2.45, 2.75) is 0 Å². The summed E-state index contributed by atoms with van der Waals surface area (Å²) < 4.78 is 0. The predicted octanol–water partition coefficient (Wildman–Crippen LogP) is 2.28. The Morgan fingerprint density at radius 2 is 2.25 bits per heavy atom. The van der Waals surface area contributed by atoms with Crippen molar-refractivity contribution in [2.24, 2.45) is 0 Å². The summed E-state index contributed by atoms with van der Waals surface area (Å²) in [6.07, 6.45) is 6.34. The number of rotatable bonds is 0. The van der Waals surface area contributed by atoms with E-state index in [9.17, 15) is 0 Å². The zero-order chi connectivity index (χ0) is 5.40. The summed E-state index contributed by atoms with van der Waals surface area (Å²) in [6.45, 7) is 0. The van der Waals surface area contributed by atoms with Crippen LogP contribution in [0.4, 0.5) is 0 Å². The van der Waals surface area contributed by atoms with Gasteiger partial charge in [-0.2, -0.15) is 0 Å². The van der Waals surface area contributed by atoms with Crippen molar-refractivity contribution in [1.29, 1.82) is 0 Å². The van der Waals surface area contributed by atoms with Crippen LogP contribution in [-0.4, -0.2) is 0 Å². The molecule has 0 aromatic heterocycles. The van der Waals surface area contributed by atoms with Crippen LogP contribution in [0.15, 0.2) is 34.8 Å². The second-order valence-corrected chi connectivity index (χ2v) is 2.55. The molecule has 0 amide bonds. The topological polar surface area (TPSA) is 0 Å². The van der Waals surface area contributed by atoms with Crippen LogP contribution in [0.1, 0.15) is 0 Å². The van der Waals surface area contributed by atoms with Gasteiger partial charge in [0.05, 0.1) is 5.75 Å². The molecule has 2 aliphatic rings. The molecule has 0 nitrogen and oxygen atoms in total. The molecular formula is C7H5S. The van der Waals surface area contributed by atoms with Crippen molar-refractivity contribution >= 4 is 11.8 Å². The molecule has 0 atom stereocenters. The normalized spacial score (nSPS) is 23.0. The van der Waals surface area contributed by atoms with Crippen molar-refractivity contribution in [3.05, 3.63) is 40.5 Å². The van der Waals surface area contributed by atoms with Gasteiger partial charge < -0.3 is 0 Å². The first-order chi connectivity index (χ1) is 3.97. The molecule has 0 fully saturated rings. The molecule has 0 unspecified atom stereocenters. The molecule has 39 valence electrons. The van der Waals surface area contributed by atoms with E-state index in [1.807, 2.05) is 0 Å². The summed E-state index contributed by atoms with van der Waals surface area (Å²) >= 11 is 1.76. The third kappa shape index (κ3) is 0.480. The minimum atomic E-state index is 1.37. The quantitative estimate of drug-likeness (QED) is 0.473. The van der Waals surface area contributed by atoms with Gasteiger partial charge in [0.1, 0.15) is 0 Å². The first-order valence-corrected chi connectivity index (χ1v) is 3.49. The van der Waals surface area contributed by atoms with Crippen LogP contribution in [0.3, 0.4) is 0 Å². The Kier molecular flexibility index (Phi) is 0.847. The Morgan fingerprint density at radius 1 is 1.25 bits per heavy atom. The van der Waals surface area contributed by atoms with E-state index in [0.717, 1.165) is 0 Å². The fourth-order valence-electron chi connectivity index (χ4n) is 0.843. The van der Waals surface area contributed by atoms with E-state index in [2.05, 4.69) is 29.4 Å². The Hall–Kier alpha value is -0.430. The van der Waals surface area contributed by atoms with Gasteiger partial charge in [-0.25, -0.2) is 0 Å². The maximum Gasteiger partial charge on any atom is 0.0508 e. The first-order valence-electron chi connectivity index (χ1n) is 2.54. The van der Waals surface area contributed by atoms with Crippen LogP contribution in [0, 0.1) is 5.75 Å². The zero-order valence-electron chi connectivity index (χ0n) is 4.29. The summed E-state index contributed by atoms with van der Waals surface area (Å²) in [6, 6.07) is 0. The van der Waals surface area contributed by atoms with E-state index in [1.54, 1.807) is 11.8 Å². The van der Waals surface area contributed by atoms with Gasteiger partial charge in [0.2, 0.25) is 0 Å². The van der Waals surface area contributed by atoms with Gasteiger partial charge in [-0.05, 0) is 16.6 Å². The van der Waals surface area contributed by atoms with Gasteiger partial charge in [-0.15, -0.1) is 11.8 Å². The second kappa shape index (κ2) is 1.52. The minimum Gasteiger partial charge on any atom is -0.124 e. The molecule has 2 rings (SSSR count). The molecule has 1 heterocycles. The van der Waals surface area contributed by atoms with Crippen LogP contribution in [0.5, 0.6) is 0 Å². The van der Waals surface area contributed by atoms with E-state index in [1.165, 1.54) is 11.1 Å². The highest BCUT2D eigenvalue weighted by atomic mass is 32.2. The number of hydrogen-bond acceptors (Lipinski definition) is 1. The van der Waals surface area contributed by atoms with Gasteiger partial charge >= 0.3 is 0 Å². The third-order valence-corrected chi connectivity index (χ3v) is 2.05. The Labute approximate surface area is 53.0 Å². The van der Waals surface area contributed by atoms with Crippen LogP contribution >= 0.6 is 11.8 Å². The molecule has 8 heavy (non-hydrogen) atoms. The van der Waals surface area contributed by atoms with E-state index in [0.29, 0.717) is 0 Å². The lowest BCUT2D eigenvalue weighted by molar-refractivity contribution is 1.65. The van der Waals surface area contributed by atoms with Crippen LogP contribution in [0.25, 0.3) is 0 Å². The fourth-order valence-corrected chi connectivity index (χ4v) is 1.63. The largest absolute Gasteiger partial charge is 0.124 e. The summed E-state index contributed by atoms with van der Waals surface area (Å²) in [4.78, 5) is 0. The van der Waals surface area contributed by atoms with Gasteiger partial charge in [0.15, 0.2) is 0 Å². The first kappa shape index (κ1) is 4.45. The van der Waals surface area contributed by atoms with E-state index >= 15 is 0 Å². The SMILES string of the molecule is [CH]1SC=C2C=CC=C12. The summed E-state index contributed by atoms with van der Waals surface area (Å²) in [5, 5.41) is 2.16. The number of allylic oxidation sites excluding steroid dienone is 4. The molecule has 0 N–H and O–H groups in total. The van der Waals surface area contributed by atoms with E-state index in [-0.39, 0.29) is 0 Å². The summed E-state index contributed by atoms with van der Waals surface area (Å²) in [7, 11) is 0. The molecule has 0 aromatic rings. The van der Waals surface area contributed by atoms with Crippen LogP contribution < -0.4 is 0 Å². The standard InChI is InChI=1S/C7H5S/c1-2-6-4-8-5-7(6)3-1/h1-5H. The zero-order valence-corrected chi connectivity index (χ0v) is 5.11. The monoisotopic (exact) mass is 121 g/mol. The van der Waals surface area contributed by atoms with E-state index in [4.69, 9.17) is 0 Å². The molecule has 0 bridgehead atoms. The highest BCUT2D eigenvalue weighted by molar-refractivity contribution is 8.04. The Balaban J connectivity index is 2.49. The highest BCUT2D eigenvalue weighted by Crippen LogP contribution is 2.35. The Morgan fingerprint density at radius 3 is 3.12 bits per heavy atom. The molecule has 1 heteroatoms. The molecule has 1 aliphatic carbocycles. The fraction of sp³-hybridized carbons (Fsp3) is 0. The minimum absolute atomic E-state index is 1.37. The second-order valence-electron chi connectivity index (χ2n) is 1.81. The van der Waals surface area contributed by atoms with Gasteiger partial charge in [0, 0.05) is 0 Å². The molecule has 0 saturated carbocycles. The van der Waals surface area contributed by atoms with Crippen molar-refractivity contribution in [3.63, 3.8) is 0 Å². The van der Waals surface area contributed by atoms with Gasteiger partial charge in [0.25, 0.3) is 0 Å². The molecule has 1 radical (unpaired) electrons. The molecular weight excluding hydrogens is 116 g/mol. The van der Waals surface area contributed by atoms with Crippen molar-refractivity contribution in [3.8, 4) is 0 Å². The van der Waals surface area contributed by atoms with E-state index < -0.39 is 0 Å². The van der Waals surface area contributed by atoms with Crippen molar-refractivity contribution < 1.29 is 0 Å². The highest BCUT2D eigenvalue weighted by Gasteiger charge is 2.11. The molecule has 0 saturated heterocycles. The summed E-state index contributed by atoms with van der Waals surface area (Å²) in [5.74, 6) is 2.16. The third-order valence-electron chi connectivity index (χ3n) is 1.27. The van der Waals surface area contributed by atoms with Crippen molar-refractivity contribution in [1.82, 2.24) is 0 Å². The van der Waals surface area contributed by atoms with Crippen molar-refractivity contribution in [2.75, 3.05) is 0 Å².